The molecule has 1 amide bonds. The molecule has 0 fully saturated rings. The summed E-state index contributed by atoms with van der Waals surface area (Å²) < 4.78 is 6.30. The molecule has 3 heterocycles. The number of thioether (sulfide) groups is 1. The van der Waals surface area contributed by atoms with Gasteiger partial charge in [0, 0.05) is 10.8 Å². The number of aliphatic hydroxyl groups excluding tert-OH is 1. The summed E-state index contributed by atoms with van der Waals surface area (Å²) in [6.45, 7) is 5.86. The number of nitrogens with zero attached hydrogens (tertiary/aromatic N) is 4. The van der Waals surface area contributed by atoms with Gasteiger partial charge in [-0.2, -0.15) is 0 Å². The number of rotatable bonds is 9. The van der Waals surface area contributed by atoms with Crippen molar-refractivity contribution in [3.05, 3.63) is 91.6 Å². The van der Waals surface area contributed by atoms with E-state index < -0.39 is 23.5 Å². The molecule has 39 heavy (non-hydrogen) atoms. The molecule has 0 saturated carbocycles. The Kier molecular flexibility index (Phi) is 8.03. The van der Waals surface area contributed by atoms with Gasteiger partial charge in [0.1, 0.15) is 5.75 Å². The maximum Gasteiger partial charge on any atom is 0.296 e. The molecule has 12 heteroatoms. The van der Waals surface area contributed by atoms with Gasteiger partial charge in [0.25, 0.3) is 5.91 Å². The Morgan fingerprint density at radius 3 is 2.67 bits per heavy atom. The second-order valence-electron chi connectivity index (χ2n) is 8.55. The van der Waals surface area contributed by atoms with Crippen molar-refractivity contribution >= 4 is 62.9 Å². The van der Waals surface area contributed by atoms with Crippen molar-refractivity contribution in [3.63, 3.8) is 0 Å². The van der Waals surface area contributed by atoms with Crippen LogP contribution in [0.15, 0.2) is 64.2 Å². The summed E-state index contributed by atoms with van der Waals surface area (Å²) in [5, 5.41) is 21.2. The third-order valence-corrected chi connectivity index (χ3v) is 9.50. The van der Waals surface area contributed by atoms with Crippen LogP contribution in [0.25, 0.3) is 0 Å². The minimum atomic E-state index is -0.929. The Morgan fingerprint density at radius 1 is 1.15 bits per heavy atom. The highest BCUT2D eigenvalue weighted by Crippen LogP contribution is 2.45. The zero-order valence-corrected chi connectivity index (χ0v) is 24.4. The second kappa shape index (κ2) is 11.5. The summed E-state index contributed by atoms with van der Waals surface area (Å²) in [5.41, 5.74) is 2.07. The van der Waals surface area contributed by atoms with Gasteiger partial charge in [0.2, 0.25) is 10.9 Å². The fraction of sp³-hybridized carbons (Fsp3) is 0.222. The first-order chi connectivity index (χ1) is 18.8. The molecular weight excluding hydrogens is 576 g/mol. The Morgan fingerprint density at radius 2 is 1.95 bits per heavy atom. The number of aliphatic hydroxyl groups is 1. The first kappa shape index (κ1) is 27.3. The van der Waals surface area contributed by atoms with Gasteiger partial charge in [0.15, 0.2) is 10.1 Å². The average Bonchev–Trinajstić information content (AvgIpc) is 3.59. The Bertz CT molecular complexity index is 1600. The van der Waals surface area contributed by atoms with Gasteiger partial charge >= 0.3 is 0 Å². The molecule has 1 N–H and O–H groups in total. The Labute approximate surface area is 242 Å². The van der Waals surface area contributed by atoms with Crippen molar-refractivity contribution in [2.24, 2.45) is 0 Å². The summed E-state index contributed by atoms with van der Waals surface area (Å²) >= 11 is 10.2. The van der Waals surface area contributed by atoms with Crippen molar-refractivity contribution < 1.29 is 19.4 Å². The monoisotopic (exact) mass is 598 g/mol. The van der Waals surface area contributed by atoms with Crippen LogP contribution >= 0.6 is 46.0 Å². The van der Waals surface area contributed by atoms with Gasteiger partial charge in [-0.05, 0) is 50.1 Å². The molecule has 0 radical (unpaired) electrons. The summed E-state index contributed by atoms with van der Waals surface area (Å²) in [6, 6.07) is 13.7. The summed E-state index contributed by atoms with van der Waals surface area (Å²) in [4.78, 5) is 33.4. The maximum absolute atomic E-state index is 13.8. The maximum atomic E-state index is 13.8. The second-order valence-corrected chi connectivity index (χ2v) is 12.3. The molecule has 4 aromatic rings. The quantitative estimate of drug-likeness (QED) is 0.128. The van der Waals surface area contributed by atoms with E-state index in [1.807, 2.05) is 31.2 Å². The molecule has 0 bridgehead atoms. The van der Waals surface area contributed by atoms with Crippen LogP contribution in [-0.2, 0) is 10.5 Å². The average molecular weight is 599 g/mol. The molecule has 0 spiro atoms. The number of hydrogen-bond acceptors (Lipinski definition) is 10. The highest BCUT2D eigenvalue weighted by molar-refractivity contribution is 8.00. The van der Waals surface area contributed by atoms with Crippen LogP contribution in [0.4, 0.5) is 5.13 Å². The number of thiazole rings is 1. The van der Waals surface area contributed by atoms with Crippen LogP contribution in [0.2, 0.25) is 5.02 Å². The minimum absolute atomic E-state index is 0.0270. The fourth-order valence-corrected chi connectivity index (χ4v) is 7.30. The molecule has 2 aromatic carbocycles. The summed E-state index contributed by atoms with van der Waals surface area (Å²) in [5.74, 6) is -0.630. The topological polar surface area (TPSA) is 106 Å². The molecular formula is C27H23ClN4O4S3. The number of aryl methyl sites for hydroxylation is 2. The van der Waals surface area contributed by atoms with Crippen LogP contribution in [0.1, 0.15) is 44.5 Å². The van der Waals surface area contributed by atoms with Crippen molar-refractivity contribution in [1.82, 2.24) is 15.2 Å². The number of carbonyl (C=O) groups excluding carboxylic acids is 2. The molecule has 1 aliphatic heterocycles. The predicted molar refractivity (Wildman–Crippen MR) is 154 cm³/mol. The molecule has 0 saturated heterocycles. The molecule has 8 nitrogen and oxygen atoms in total. The SMILES string of the molecule is CCOc1cccc(C2C(C(=O)c3sc(C)nc3C)=C(O)C(=O)N2c2nnc(SCc3ccccc3Cl)s2)c1. The number of benzene rings is 2. The van der Waals surface area contributed by atoms with E-state index in [4.69, 9.17) is 16.3 Å². The minimum Gasteiger partial charge on any atom is -0.503 e. The number of ether oxygens (including phenoxy) is 1. The fourth-order valence-electron chi connectivity index (χ4n) is 4.27. The van der Waals surface area contributed by atoms with Crippen molar-refractivity contribution in [2.75, 3.05) is 11.5 Å². The van der Waals surface area contributed by atoms with E-state index in [0.717, 1.165) is 10.6 Å². The van der Waals surface area contributed by atoms with Gasteiger partial charge in [0.05, 0.1) is 33.8 Å². The molecule has 1 atom stereocenters. The zero-order valence-electron chi connectivity index (χ0n) is 21.2. The third kappa shape index (κ3) is 5.44. The number of halogens is 1. The van der Waals surface area contributed by atoms with E-state index in [1.54, 1.807) is 38.1 Å². The number of Topliss-reactive ketones (excluding diaryl/α,β-unsaturated/α-hetero) is 1. The lowest BCUT2D eigenvalue weighted by molar-refractivity contribution is -0.117. The molecule has 1 unspecified atom stereocenters. The molecule has 0 aliphatic carbocycles. The van der Waals surface area contributed by atoms with E-state index in [-0.39, 0.29) is 10.7 Å². The van der Waals surface area contributed by atoms with E-state index >= 15 is 0 Å². The summed E-state index contributed by atoms with van der Waals surface area (Å²) in [7, 11) is 0. The Hall–Kier alpha value is -3.25. The van der Waals surface area contributed by atoms with Crippen molar-refractivity contribution in [1.29, 1.82) is 0 Å². The third-order valence-electron chi connectivity index (χ3n) is 5.96. The van der Waals surface area contributed by atoms with Crippen molar-refractivity contribution in [2.45, 2.75) is 36.9 Å². The number of aromatic nitrogens is 3. The van der Waals surface area contributed by atoms with Gasteiger partial charge in [-0.3, -0.25) is 14.5 Å². The Balaban J connectivity index is 1.53. The predicted octanol–water partition coefficient (Wildman–Crippen LogP) is 6.74. The van der Waals surface area contributed by atoms with Crippen LogP contribution in [0.5, 0.6) is 5.75 Å². The smallest absolute Gasteiger partial charge is 0.296 e. The highest BCUT2D eigenvalue weighted by Gasteiger charge is 2.46. The van der Waals surface area contributed by atoms with Crippen molar-refractivity contribution in [3.8, 4) is 5.75 Å². The molecule has 2 aromatic heterocycles. The van der Waals surface area contributed by atoms with Gasteiger partial charge < -0.3 is 9.84 Å². The largest absolute Gasteiger partial charge is 0.503 e. The number of ketones is 1. The van der Waals surface area contributed by atoms with E-state index in [2.05, 4.69) is 15.2 Å². The van der Waals surface area contributed by atoms with E-state index in [0.29, 0.717) is 43.6 Å². The van der Waals surface area contributed by atoms with E-state index in [9.17, 15) is 14.7 Å². The van der Waals surface area contributed by atoms with Crippen LogP contribution in [-0.4, -0.2) is 38.6 Å². The lowest BCUT2D eigenvalue weighted by Crippen LogP contribution is -2.31. The number of anilines is 1. The number of carbonyl (C=O) groups is 2. The van der Waals surface area contributed by atoms with Gasteiger partial charge in [-0.15, -0.1) is 21.5 Å². The highest BCUT2D eigenvalue weighted by atomic mass is 35.5. The van der Waals surface area contributed by atoms with Crippen LogP contribution in [0.3, 0.4) is 0 Å². The van der Waals surface area contributed by atoms with Crippen LogP contribution < -0.4 is 9.64 Å². The van der Waals surface area contributed by atoms with Crippen LogP contribution in [0, 0.1) is 13.8 Å². The lowest BCUT2D eigenvalue weighted by atomic mass is 9.95. The first-order valence-electron chi connectivity index (χ1n) is 12.0. The van der Waals surface area contributed by atoms with Gasteiger partial charge in [-0.25, -0.2) is 4.98 Å². The summed E-state index contributed by atoms with van der Waals surface area (Å²) in [6.07, 6.45) is 0. The normalized spacial score (nSPS) is 15.3. The number of amides is 1. The standard InChI is InChI=1S/C27H23ClN4O4S3/c1-4-36-18-10-7-9-16(12-18)21-20(22(33)24-14(2)29-15(3)38-24)23(34)25(35)32(21)26-30-31-27(39-26)37-13-17-8-5-6-11-19(17)28/h5-12,21,34H,4,13H2,1-3H3. The first-order valence-corrected chi connectivity index (χ1v) is 15.0. The number of hydrogen-bond donors (Lipinski definition) is 1. The molecule has 200 valence electrons. The van der Waals surface area contributed by atoms with Gasteiger partial charge in [-0.1, -0.05) is 65.0 Å². The van der Waals surface area contributed by atoms with E-state index in [1.165, 1.54) is 39.3 Å². The molecule has 5 rings (SSSR count). The lowest BCUT2D eigenvalue weighted by Gasteiger charge is -2.24. The zero-order chi connectivity index (χ0) is 27.7. The molecule has 1 aliphatic rings.